The number of hydrogen-bond donors (Lipinski definition) is 1. The van der Waals surface area contributed by atoms with Crippen LogP contribution in [0.4, 0.5) is 17.1 Å². The maximum absolute atomic E-state index is 10.9. The number of anilines is 1. The van der Waals surface area contributed by atoms with Gasteiger partial charge in [0, 0.05) is 6.07 Å². The van der Waals surface area contributed by atoms with Crippen LogP contribution in [0.1, 0.15) is 0 Å². The molecule has 2 N–H and O–H groups in total. The number of benzene rings is 2. The predicted molar refractivity (Wildman–Crippen MR) is 70.7 cm³/mol. The number of nitrogens with zero attached hydrogens (tertiary/aromatic N) is 2. The molecule has 0 aliphatic heterocycles. The first-order valence-corrected chi connectivity index (χ1v) is 5.44. The number of para-hydroxylation sites is 2. The number of nitrogen functional groups attached to an aromatic ring is 1. The van der Waals surface area contributed by atoms with Gasteiger partial charge in [0.15, 0.2) is 5.75 Å². The van der Waals surface area contributed by atoms with Crippen molar-refractivity contribution in [2.75, 3.05) is 5.73 Å². The van der Waals surface area contributed by atoms with E-state index in [1.807, 2.05) is 0 Å². The zero-order valence-electron chi connectivity index (χ0n) is 10.1. The highest BCUT2D eigenvalue weighted by molar-refractivity contribution is 5.58. The molecule has 2 rings (SSSR count). The lowest BCUT2D eigenvalue weighted by Gasteiger charge is -2.08. The van der Waals surface area contributed by atoms with Crippen LogP contribution in [-0.2, 0) is 0 Å². The van der Waals surface area contributed by atoms with E-state index >= 15 is 0 Å². The molecule has 0 aromatic heterocycles. The van der Waals surface area contributed by atoms with Gasteiger partial charge in [0.2, 0.25) is 5.75 Å². The van der Waals surface area contributed by atoms with E-state index in [4.69, 9.17) is 10.5 Å². The molecule has 0 fully saturated rings. The smallest absolute Gasteiger partial charge is 0.318 e. The van der Waals surface area contributed by atoms with E-state index in [-0.39, 0.29) is 17.2 Å². The second kappa shape index (κ2) is 5.22. The number of ether oxygens (including phenoxy) is 1. The fourth-order valence-electron chi connectivity index (χ4n) is 1.54. The van der Waals surface area contributed by atoms with Crippen molar-refractivity contribution in [1.82, 2.24) is 0 Å². The summed E-state index contributed by atoms with van der Waals surface area (Å²) in [6.45, 7) is 0. The van der Waals surface area contributed by atoms with E-state index in [0.29, 0.717) is 5.69 Å². The molecule has 0 heterocycles. The summed E-state index contributed by atoms with van der Waals surface area (Å²) in [5.74, 6) is 0.128. The second-order valence-corrected chi connectivity index (χ2v) is 3.81. The summed E-state index contributed by atoms with van der Waals surface area (Å²) < 4.78 is 5.35. The highest BCUT2D eigenvalue weighted by Crippen LogP contribution is 2.36. The number of non-ortho nitro benzene ring substituents is 1. The Morgan fingerprint density at radius 1 is 0.950 bits per heavy atom. The number of nitro benzene ring substituents is 2. The van der Waals surface area contributed by atoms with Crippen molar-refractivity contribution in [2.24, 2.45) is 0 Å². The average Bonchev–Trinajstić information content (AvgIpc) is 2.41. The van der Waals surface area contributed by atoms with E-state index in [1.165, 1.54) is 6.07 Å². The van der Waals surface area contributed by atoms with Gasteiger partial charge in [0.25, 0.3) is 5.69 Å². The molecular weight excluding hydrogens is 266 g/mol. The molecule has 0 bridgehead atoms. The van der Waals surface area contributed by atoms with Crippen LogP contribution in [0.5, 0.6) is 11.5 Å². The monoisotopic (exact) mass is 275 g/mol. The topological polar surface area (TPSA) is 122 Å². The van der Waals surface area contributed by atoms with Gasteiger partial charge in [0.05, 0.1) is 21.6 Å². The summed E-state index contributed by atoms with van der Waals surface area (Å²) in [6.07, 6.45) is 0. The Morgan fingerprint density at radius 3 is 2.25 bits per heavy atom. The standard InChI is InChI=1S/C12H9N3O5/c13-9-3-1-2-4-11(9)20-12-6-5-8(14(16)17)7-10(12)15(18)19/h1-7H,13H2. The molecule has 0 radical (unpaired) electrons. The van der Waals surface area contributed by atoms with E-state index in [0.717, 1.165) is 12.1 Å². The minimum absolute atomic E-state index is 0.112. The van der Waals surface area contributed by atoms with Crippen LogP contribution in [0.25, 0.3) is 0 Å². The first kappa shape index (κ1) is 13.3. The fraction of sp³-hybridized carbons (Fsp3) is 0. The molecule has 0 saturated carbocycles. The summed E-state index contributed by atoms with van der Waals surface area (Å²) in [5.41, 5.74) is 5.09. The van der Waals surface area contributed by atoms with Crippen LogP contribution in [0.2, 0.25) is 0 Å². The molecule has 0 saturated heterocycles. The molecule has 2 aromatic rings. The molecule has 0 aliphatic rings. The van der Waals surface area contributed by atoms with Crippen LogP contribution >= 0.6 is 0 Å². The third-order valence-corrected chi connectivity index (χ3v) is 2.49. The van der Waals surface area contributed by atoms with Crippen LogP contribution in [0.15, 0.2) is 42.5 Å². The van der Waals surface area contributed by atoms with Crippen molar-refractivity contribution >= 4 is 17.1 Å². The van der Waals surface area contributed by atoms with Gasteiger partial charge in [0.1, 0.15) is 0 Å². The predicted octanol–water partition coefficient (Wildman–Crippen LogP) is 2.88. The van der Waals surface area contributed by atoms with Crippen LogP contribution in [-0.4, -0.2) is 9.85 Å². The summed E-state index contributed by atoms with van der Waals surface area (Å²) in [5, 5.41) is 21.6. The first-order valence-electron chi connectivity index (χ1n) is 5.44. The van der Waals surface area contributed by atoms with Crippen molar-refractivity contribution in [3.05, 3.63) is 62.7 Å². The zero-order valence-corrected chi connectivity index (χ0v) is 10.1. The van der Waals surface area contributed by atoms with E-state index in [2.05, 4.69) is 0 Å². The lowest BCUT2D eigenvalue weighted by molar-refractivity contribution is -0.394. The van der Waals surface area contributed by atoms with Crippen molar-refractivity contribution in [1.29, 1.82) is 0 Å². The van der Waals surface area contributed by atoms with Gasteiger partial charge in [-0.1, -0.05) is 12.1 Å². The molecule has 0 unspecified atom stereocenters. The maximum Gasteiger partial charge on any atom is 0.318 e. The zero-order chi connectivity index (χ0) is 14.7. The van der Waals surface area contributed by atoms with Gasteiger partial charge in [-0.2, -0.15) is 0 Å². The quantitative estimate of drug-likeness (QED) is 0.520. The van der Waals surface area contributed by atoms with Crippen molar-refractivity contribution in [2.45, 2.75) is 0 Å². The minimum atomic E-state index is -0.749. The highest BCUT2D eigenvalue weighted by atomic mass is 16.6. The fourth-order valence-corrected chi connectivity index (χ4v) is 1.54. The Balaban J connectivity index is 2.44. The molecular formula is C12H9N3O5. The molecule has 8 heteroatoms. The van der Waals surface area contributed by atoms with Gasteiger partial charge < -0.3 is 10.5 Å². The van der Waals surface area contributed by atoms with Gasteiger partial charge in [-0.15, -0.1) is 0 Å². The van der Waals surface area contributed by atoms with Gasteiger partial charge >= 0.3 is 5.69 Å². The molecule has 0 spiro atoms. The number of nitrogens with two attached hydrogens (primary N) is 1. The summed E-state index contributed by atoms with van der Waals surface area (Å²) in [7, 11) is 0. The molecule has 0 atom stereocenters. The van der Waals surface area contributed by atoms with E-state index in [1.54, 1.807) is 24.3 Å². The van der Waals surface area contributed by atoms with Gasteiger partial charge in [-0.05, 0) is 18.2 Å². The lowest BCUT2D eigenvalue weighted by atomic mass is 10.2. The largest absolute Gasteiger partial charge is 0.448 e. The summed E-state index contributed by atoms with van der Waals surface area (Å²) in [4.78, 5) is 20.1. The lowest BCUT2D eigenvalue weighted by Crippen LogP contribution is -1.97. The molecule has 2 aromatic carbocycles. The summed E-state index contributed by atoms with van der Waals surface area (Å²) >= 11 is 0. The Labute approximate surface area is 112 Å². The van der Waals surface area contributed by atoms with Crippen molar-refractivity contribution < 1.29 is 14.6 Å². The third kappa shape index (κ3) is 2.64. The van der Waals surface area contributed by atoms with Gasteiger partial charge in [-0.3, -0.25) is 20.2 Å². The Morgan fingerprint density at radius 2 is 1.65 bits per heavy atom. The second-order valence-electron chi connectivity index (χ2n) is 3.81. The molecule has 8 nitrogen and oxygen atoms in total. The normalized spacial score (nSPS) is 10.0. The van der Waals surface area contributed by atoms with Crippen molar-refractivity contribution in [3.63, 3.8) is 0 Å². The summed E-state index contributed by atoms with van der Waals surface area (Å²) in [6, 6.07) is 9.60. The first-order chi connectivity index (χ1) is 9.49. The van der Waals surface area contributed by atoms with Gasteiger partial charge in [-0.25, -0.2) is 0 Å². The molecule has 20 heavy (non-hydrogen) atoms. The number of nitro groups is 2. The average molecular weight is 275 g/mol. The van der Waals surface area contributed by atoms with E-state index < -0.39 is 15.5 Å². The minimum Gasteiger partial charge on any atom is -0.448 e. The Hall–Kier alpha value is -3.16. The molecule has 0 aliphatic carbocycles. The maximum atomic E-state index is 10.9. The highest BCUT2D eigenvalue weighted by Gasteiger charge is 2.21. The van der Waals surface area contributed by atoms with Crippen LogP contribution < -0.4 is 10.5 Å². The third-order valence-electron chi connectivity index (χ3n) is 2.49. The number of hydrogen-bond acceptors (Lipinski definition) is 6. The molecule has 102 valence electrons. The Kier molecular flexibility index (Phi) is 3.47. The van der Waals surface area contributed by atoms with Crippen LogP contribution in [0, 0.1) is 20.2 Å². The number of rotatable bonds is 4. The molecule has 0 amide bonds. The Bertz CT molecular complexity index is 687. The van der Waals surface area contributed by atoms with E-state index in [9.17, 15) is 20.2 Å². The van der Waals surface area contributed by atoms with Crippen LogP contribution in [0.3, 0.4) is 0 Å². The van der Waals surface area contributed by atoms with Crippen molar-refractivity contribution in [3.8, 4) is 11.5 Å². The SMILES string of the molecule is Nc1ccccc1Oc1ccc([N+](=O)[O-])cc1[N+](=O)[O-].